The molecule has 2 aromatic heterocycles. The molecule has 0 spiro atoms. The molecule has 1 fully saturated rings. The third kappa shape index (κ3) is 2.93. The van der Waals surface area contributed by atoms with Crippen LogP contribution >= 0.6 is 0 Å². The van der Waals surface area contributed by atoms with Crippen molar-refractivity contribution in [1.82, 2.24) is 19.9 Å². The second kappa shape index (κ2) is 6.04. The highest BCUT2D eigenvalue weighted by Gasteiger charge is 2.52. The minimum atomic E-state index is 0.153. The van der Waals surface area contributed by atoms with Crippen LogP contribution < -0.4 is 4.90 Å². The van der Waals surface area contributed by atoms with Crippen molar-refractivity contribution < 1.29 is 4.79 Å². The van der Waals surface area contributed by atoms with Crippen LogP contribution in [0.2, 0.25) is 0 Å². The van der Waals surface area contributed by atoms with Crippen LogP contribution in [0.3, 0.4) is 0 Å². The first-order valence-electron chi connectivity index (χ1n) is 9.13. The van der Waals surface area contributed by atoms with Gasteiger partial charge in [0.15, 0.2) is 5.82 Å². The Morgan fingerprint density at radius 2 is 1.92 bits per heavy atom. The van der Waals surface area contributed by atoms with Gasteiger partial charge in [0.1, 0.15) is 5.82 Å². The van der Waals surface area contributed by atoms with Crippen molar-refractivity contribution >= 4 is 11.7 Å². The zero-order valence-electron chi connectivity index (χ0n) is 15.9. The molecule has 0 N–H and O–H groups in total. The molecule has 0 aromatic carbocycles. The molecule has 1 aliphatic carbocycles. The second-order valence-electron chi connectivity index (χ2n) is 8.18. The maximum Gasteiger partial charge on any atom is 0.226 e. The molecule has 2 aliphatic rings. The number of carbonyl (C=O) groups is 1. The summed E-state index contributed by atoms with van der Waals surface area (Å²) >= 11 is 0. The standard InChI is InChI=1S/C20H25N5O/c1-20(2)11-15(20)19(26)25-10-7-14-16(12-25)22-17(23-18(14)24(3)4)13-5-8-21-9-6-13/h5-6,8-9,15H,7,10-12H2,1-4H3/t15-/m1/s1. The second-order valence-corrected chi connectivity index (χ2v) is 8.18. The van der Waals surface area contributed by atoms with Crippen molar-refractivity contribution in [1.29, 1.82) is 0 Å². The summed E-state index contributed by atoms with van der Waals surface area (Å²) in [6, 6.07) is 3.83. The van der Waals surface area contributed by atoms with Crippen molar-refractivity contribution in [2.75, 3.05) is 25.5 Å². The van der Waals surface area contributed by atoms with Gasteiger partial charge < -0.3 is 9.80 Å². The average Bonchev–Trinajstić information content (AvgIpc) is 3.28. The lowest BCUT2D eigenvalue weighted by Crippen LogP contribution is -2.39. The zero-order valence-corrected chi connectivity index (χ0v) is 15.9. The number of fused-ring (bicyclic) bond motifs is 1. The molecule has 3 heterocycles. The average molecular weight is 351 g/mol. The van der Waals surface area contributed by atoms with Crippen molar-refractivity contribution in [2.24, 2.45) is 11.3 Å². The van der Waals surface area contributed by atoms with Crippen LogP contribution in [0.4, 0.5) is 5.82 Å². The Kier molecular flexibility index (Phi) is 3.93. The number of nitrogens with zero attached hydrogens (tertiary/aromatic N) is 5. The van der Waals surface area contributed by atoms with E-state index < -0.39 is 0 Å². The van der Waals surface area contributed by atoms with E-state index in [1.807, 2.05) is 36.0 Å². The summed E-state index contributed by atoms with van der Waals surface area (Å²) in [6.45, 7) is 5.65. The van der Waals surface area contributed by atoms with E-state index in [1.165, 1.54) is 0 Å². The fourth-order valence-corrected chi connectivity index (χ4v) is 3.71. The minimum Gasteiger partial charge on any atom is -0.362 e. The van der Waals surface area contributed by atoms with Gasteiger partial charge in [-0.15, -0.1) is 0 Å². The third-order valence-electron chi connectivity index (χ3n) is 5.53. The van der Waals surface area contributed by atoms with Gasteiger partial charge in [0.2, 0.25) is 5.91 Å². The van der Waals surface area contributed by atoms with Crippen molar-refractivity contribution in [2.45, 2.75) is 33.2 Å². The molecule has 0 bridgehead atoms. The van der Waals surface area contributed by atoms with Crippen LogP contribution in [0.15, 0.2) is 24.5 Å². The Hall–Kier alpha value is -2.50. The van der Waals surface area contributed by atoms with Crippen molar-refractivity contribution in [3.8, 4) is 11.4 Å². The van der Waals surface area contributed by atoms with Gasteiger partial charge in [-0.25, -0.2) is 9.97 Å². The fourth-order valence-electron chi connectivity index (χ4n) is 3.71. The largest absolute Gasteiger partial charge is 0.362 e. The summed E-state index contributed by atoms with van der Waals surface area (Å²) in [5, 5.41) is 0. The highest BCUT2D eigenvalue weighted by molar-refractivity contribution is 5.83. The van der Waals surface area contributed by atoms with Gasteiger partial charge >= 0.3 is 0 Å². The molecule has 6 nitrogen and oxygen atoms in total. The van der Waals surface area contributed by atoms with Gasteiger partial charge in [0.25, 0.3) is 0 Å². The molecule has 1 amide bonds. The highest BCUT2D eigenvalue weighted by atomic mass is 16.2. The molecule has 0 unspecified atom stereocenters. The first-order chi connectivity index (χ1) is 12.4. The van der Waals surface area contributed by atoms with Gasteiger partial charge in [-0.3, -0.25) is 9.78 Å². The SMILES string of the molecule is CN(C)c1nc(-c2ccncc2)nc2c1CCN(C(=O)[C@H]1CC1(C)C)C2. The summed E-state index contributed by atoms with van der Waals surface area (Å²) < 4.78 is 0. The van der Waals surface area contributed by atoms with E-state index in [9.17, 15) is 4.79 Å². The van der Waals surface area contributed by atoms with Crippen LogP contribution in [-0.4, -0.2) is 46.4 Å². The lowest BCUT2D eigenvalue weighted by Gasteiger charge is -2.31. The number of rotatable bonds is 3. The molecule has 1 saturated carbocycles. The van der Waals surface area contributed by atoms with Gasteiger partial charge in [0.05, 0.1) is 12.2 Å². The number of hydrogen-bond acceptors (Lipinski definition) is 5. The molecule has 6 heteroatoms. The van der Waals surface area contributed by atoms with Gasteiger partial charge in [0, 0.05) is 50.1 Å². The Bertz CT molecular complexity index is 847. The lowest BCUT2D eigenvalue weighted by molar-refractivity contribution is -0.134. The summed E-state index contributed by atoms with van der Waals surface area (Å²) in [6.07, 6.45) is 5.29. The fraction of sp³-hybridized carbons (Fsp3) is 0.500. The van der Waals surface area contributed by atoms with Crippen LogP contribution in [0, 0.1) is 11.3 Å². The summed E-state index contributed by atoms with van der Waals surface area (Å²) in [4.78, 5) is 30.5. The third-order valence-corrected chi connectivity index (χ3v) is 5.53. The summed E-state index contributed by atoms with van der Waals surface area (Å²) in [5.41, 5.74) is 3.22. The predicted octanol–water partition coefficient (Wildman–Crippen LogP) is 2.54. The molecule has 136 valence electrons. The minimum absolute atomic E-state index is 0.153. The lowest BCUT2D eigenvalue weighted by atomic mass is 10.0. The predicted molar refractivity (Wildman–Crippen MR) is 101 cm³/mol. The van der Waals surface area contributed by atoms with Crippen LogP contribution in [0.25, 0.3) is 11.4 Å². The van der Waals surface area contributed by atoms with Crippen molar-refractivity contribution in [3.63, 3.8) is 0 Å². The first-order valence-corrected chi connectivity index (χ1v) is 9.13. The van der Waals surface area contributed by atoms with E-state index in [0.29, 0.717) is 12.4 Å². The van der Waals surface area contributed by atoms with E-state index in [1.54, 1.807) is 12.4 Å². The molecular weight excluding hydrogens is 326 g/mol. The number of carbonyl (C=O) groups excluding carboxylic acids is 1. The molecule has 4 rings (SSSR count). The van der Waals surface area contributed by atoms with E-state index in [2.05, 4.69) is 18.8 Å². The molecule has 1 aliphatic heterocycles. The number of pyridine rings is 1. The number of hydrogen-bond donors (Lipinski definition) is 0. The topological polar surface area (TPSA) is 62.2 Å². The smallest absolute Gasteiger partial charge is 0.226 e. The van der Waals surface area contributed by atoms with E-state index in [0.717, 1.165) is 42.0 Å². The molecule has 0 radical (unpaired) electrons. The Labute approximate surface area is 154 Å². The van der Waals surface area contributed by atoms with Crippen LogP contribution in [0.1, 0.15) is 31.5 Å². The molecule has 1 atom stereocenters. The maximum absolute atomic E-state index is 12.8. The van der Waals surface area contributed by atoms with Crippen molar-refractivity contribution in [3.05, 3.63) is 35.8 Å². The van der Waals surface area contributed by atoms with E-state index in [4.69, 9.17) is 9.97 Å². The van der Waals surface area contributed by atoms with E-state index >= 15 is 0 Å². The van der Waals surface area contributed by atoms with Crippen LogP contribution in [0.5, 0.6) is 0 Å². The first kappa shape index (κ1) is 16.9. The van der Waals surface area contributed by atoms with Gasteiger partial charge in [-0.1, -0.05) is 13.8 Å². The Balaban J connectivity index is 1.68. The van der Waals surface area contributed by atoms with Gasteiger partial charge in [-0.2, -0.15) is 0 Å². The Morgan fingerprint density at radius 1 is 1.23 bits per heavy atom. The monoisotopic (exact) mass is 351 g/mol. The van der Waals surface area contributed by atoms with Crippen LogP contribution in [-0.2, 0) is 17.8 Å². The summed E-state index contributed by atoms with van der Waals surface area (Å²) in [7, 11) is 4.01. The molecule has 2 aromatic rings. The number of aromatic nitrogens is 3. The van der Waals surface area contributed by atoms with E-state index in [-0.39, 0.29) is 17.2 Å². The number of amides is 1. The molecule has 26 heavy (non-hydrogen) atoms. The highest BCUT2D eigenvalue weighted by Crippen LogP contribution is 2.52. The maximum atomic E-state index is 12.8. The Morgan fingerprint density at radius 3 is 2.54 bits per heavy atom. The number of anilines is 1. The van der Waals surface area contributed by atoms with Gasteiger partial charge in [-0.05, 0) is 30.4 Å². The molecule has 0 saturated heterocycles. The summed E-state index contributed by atoms with van der Waals surface area (Å²) in [5.74, 6) is 2.08. The zero-order chi connectivity index (χ0) is 18.5. The normalized spacial score (nSPS) is 20.5. The molecular formula is C20H25N5O. The quantitative estimate of drug-likeness (QED) is 0.850.